The molecule has 0 saturated carbocycles. The lowest BCUT2D eigenvalue weighted by Gasteiger charge is -2.08. The van der Waals surface area contributed by atoms with Gasteiger partial charge in [0.2, 0.25) is 0 Å². The van der Waals surface area contributed by atoms with Gasteiger partial charge in [0.25, 0.3) is 0 Å². The lowest BCUT2D eigenvalue weighted by molar-refractivity contribution is 0.621. The fourth-order valence-electron chi connectivity index (χ4n) is 2.60. The minimum atomic E-state index is 0.915. The van der Waals surface area contributed by atoms with E-state index < -0.39 is 0 Å². The fraction of sp³-hybridized carbons (Fsp3) is 0.471. The van der Waals surface area contributed by atoms with Crippen LogP contribution in [0.15, 0.2) is 35.2 Å². The molecule has 0 unspecified atom stereocenters. The summed E-state index contributed by atoms with van der Waals surface area (Å²) < 4.78 is 2.21. The van der Waals surface area contributed by atoms with Crippen LogP contribution in [0.5, 0.6) is 0 Å². The van der Waals surface area contributed by atoms with E-state index in [1.807, 2.05) is 18.8 Å². The Morgan fingerprint density at radius 1 is 1.14 bits per heavy atom. The average Bonchev–Trinajstić information content (AvgIpc) is 2.86. The lowest BCUT2D eigenvalue weighted by atomic mass is 10.1. The van der Waals surface area contributed by atoms with Crippen molar-refractivity contribution in [3.63, 3.8) is 0 Å². The zero-order valence-corrected chi connectivity index (χ0v) is 14.0. The number of rotatable bonds is 8. The second-order valence-electron chi connectivity index (χ2n) is 4.99. The van der Waals surface area contributed by atoms with Crippen molar-refractivity contribution in [2.75, 3.05) is 12.8 Å². The first-order valence-electron chi connectivity index (χ1n) is 7.70. The Labute approximate surface area is 132 Å². The monoisotopic (exact) mass is 303 g/mol. The summed E-state index contributed by atoms with van der Waals surface area (Å²) in [7, 11) is 2.00. The van der Waals surface area contributed by atoms with Gasteiger partial charge in [-0.15, -0.1) is 11.8 Å². The Morgan fingerprint density at radius 2 is 1.90 bits per heavy atom. The molecule has 0 radical (unpaired) electrons. The van der Waals surface area contributed by atoms with E-state index in [9.17, 15) is 0 Å². The Hall–Kier alpha value is -1.26. The van der Waals surface area contributed by atoms with E-state index in [0.717, 1.165) is 31.7 Å². The molecule has 0 aliphatic rings. The van der Waals surface area contributed by atoms with Gasteiger partial charge in [0.1, 0.15) is 0 Å². The first kappa shape index (κ1) is 16.1. The highest BCUT2D eigenvalue weighted by atomic mass is 32.2. The van der Waals surface area contributed by atoms with Crippen molar-refractivity contribution in [1.29, 1.82) is 0 Å². The standard InChI is InChI=1S/C17H25N3S/c1-4-16-15(13-18-3)17(5-2)20(19-16)11-12-21-14-9-7-6-8-10-14/h6-10,18H,4-5,11-13H2,1-3H3. The van der Waals surface area contributed by atoms with Crippen molar-refractivity contribution >= 4 is 11.8 Å². The molecule has 3 nitrogen and oxygen atoms in total. The molecule has 0 saturated heterocycles. The summed E-state index contributed by atoms with van der Waals surface area (Å²) in [6.45, 7) is 6.29. The van der Waals surface area contributed by atoms with Gasteiger partial charge < -0.3 is 5.32 Å². The summed E-state index contributed by atoms with van der Waals surface area (Å²) in [5, 5.41) is 8.08. The highest BCUT2D eigenvalue weighted by Crippen LogP contribution is 2.20. The van der Waals surface area contributed by atoms with Crippen molar-refractivity contribution in [2.24, 2.45) is 0 Å². The molecule has 0 atom stereocenters. The molecule has 0 amide bonds. The summed E-state index contributed by atoms with van der Waals surface area (Å²) in [5.74, 6) is 1.06. The maximum atomic E-state index is 4.81. The van der Waals surface area contributed by atoms with Gasteiger partial charge in [-0.1, -0.05) is 32.0 Å². The minimum absolute atomic E-state index is 0.915. The fourth-order valence-corrected chi connectivity index (χ4v) is 3.45. The van der Waals surface area contributed by atoms with Crippen LogP contribution >= 0.6 is 11.8 Å². The molecule has 1 N–H and O–H groups in total. The molecular weight excluding hydrogens is 278 g/mol. The second-order valence-corrected chi connectivity index (χ2v) is 6.16. The van der Waals surface area contributed by atoms with Crippen LogP contribution in [0, 0.1) is 0 Å². The molecule has 0 aliphatic heterocycles. The van der Waals surface area contributed by atoms with Gasteiger partial charge in [-0.2, -0.15) is 5.10 Å². The van der Waals surface area contributed by atoms with E-state index in [2.05, 4.69) is 54.2 Å². The molecule has 114 valence electrons. The third-order valence-electron chi connectivity index (χ3n) is 3.59. The van der Waals surface area contributed by atoms with E-state index in [-0.39, 0.29) is 0 Å². The SMILES string of the molecule is CCc1nn(CCSc2ccccc2)c(CC)c1CNC. The maximum absolute atomic E-state index is 4.81. The molecule has 2 rings (SSSR count). The van der Waals surface area contributed by atoms with Gasteiger partial charge in [0.05, 0.1) is 12.2 Å². The molecule has 0 bridgehead atoms. The zero-order chi connectivity index (χ0) is 15.1. The zero-order valence-electron chi connectivity index (χ0n) is 13.2. The normalized spacial score (nSPS) is 11.0. The van der Waals surface area contributed by atoms with Crippen LogP contribution in [-0.4, -0.2) is 22.6 Å². The topological polar surface area (TPSA) is 29.9 Å². The number of hydrogen-bond donors (Lipinski definition) is 1. The third kappa shape index (κ3) is 4.11. The van der Waals surface area contributed by atoms with Crippen LogP contribution in [0.3, 0.4) is 0 Å². The van der Waals surface area contributed by atoms with E-state index in [1.165, 1.54) is 21.8 Å². The van der Waals surface area contributed by atoms with Crippen molar-refractivity contribution in [1.82, 2.24) is 15.1 Å². The van der Waals surface area contributed by atoms with Crippen molar-refractivity contribution in [3.8, 4) is 0 Å². The molecule has 0 fully saturated rings. The minimum Gasteiger partial charge on any atom is -0.316 e. The number of aromatic nitrogens is 2. The van der Waals surface area contributed by atoms with E-state index in [4.69, 9.17) is 5.10 Å². The lowest BCUT2D eigenvalue weighted by Crippen LogP contribution is -2.10. The Kier molecular flexibility index (Phi) is 6.33. The average molecular weight is 303 g/mol. The second kappa shape index (κ2) is 8.25. The van der Waals surface area contributed by atoms with Gasteiger partial charge in [-0.25, -0.2) is 0 Å². The largest absolute Gasteiger partial charge is 0.316 e. The molecular formula is C17H25N3S. The first-order chi connectivity index (χ1) is 10.3. The molecule has 0 spiro atoms. The van der Waals surface area contributed by atoms with E-state index >= 15 is 0 Å². The molecule has 21 heavy (non-hydrogen) atoms. The van der Waals surface area contributed by atoms with Gasteiger partial charge in [-0.3, -0.25) is 4.68 Å². The number of aryl methyl sites for hydroxylation is 2. The molecule has 1 aromatic carbocycles. The van der Waals surface area contributed by atoms with E-state index in [0.29, 0.717) is 0 Å². The molecule has 1 heterocycles. The Balaban J connectivity index is 2.05. The van der Waals surface area contributed by atoms with Crippen LogP contribution in [0.2, 0.25) is 0 Å². The number of hydrogen-bond acceptors (Lipinski definition) is 3. The number of nitrogens with one attached hydrogen (secondary N) is 1. The van der Waals surface area contributed by atoms with Crippen molar-refractivity contribution < 1.29 is 0 Å². The summed E-state index contributed by atoms with van der Waals surface area (Å²) in [4.78, 5) is 1.33. The predicted molar refractivity (Wildman–Crippen MR) is 90.9 cm³/mol. The van der Waals surface area contributed by atoms with Gasteiger partial charge >= 0.3 is 0 Å². The summed E-state index contributed by atoms with van der Waals surface area (Å²) in [5.41, 5.74) is 4.02. The summed E-state index contributed by atoms with van der Waals surface area (Å²) in [6.07, 6.45) is 2.04. The smallest absolute Gasteiger partial charge is 0.0669 e. The number of nitrogens with zero attached hydrogens (tertiary/aromatic N) is 2. The van der Waals surface area contributed by atoms with E-state index in [1.54, 1.807) is 0 Å². The van der Waals surface area contributed by atoms with Crippen LogP contribution in [0.25, 0.3) is 0 Å². The van der Waals surface area contributed by atoms with Crippen molar-refractivity contribution in [2.45, 2.75) is 44.7 Å². The quantitative estimate of drug-likeness (QED) is 0.757. The molecule has 4 heteroatoms. The van der Waals surface area contributed by atoms with Crippen molar-refractivity contribution in [3.05, 3.63) is 47.3 Å². The van der Waals surface area contributed by atoms with Crippen LogP contribution < -0.4 is 5.32 Å². The van der Waals surface area contributed by atoms with Crippen LogP contribution in [0.1, 0.15) is 30.8 Å². The highest BCUT2D eigenvalue weighted by molar-refractivity contribution is 7.99. The summed E-state index contributed by atoms with van der Waals surface area (Å²) in [6, 6.07) is 10.6. The van der Waals surface area contributed by atoms with Gasteiger partial charge in [0.15, 0.2) is 0 Å². The Bertz CT molecular complexity index is 549. The Morgan fingerprint density at radius 3 is 2.52 bits per heavy atom. The number of thioether (sulfide) groups is 1. The third-order valence-corrected chi connectivity index (χ3v) is 4.58. The predicted octanol–water partition coefficient (Wildman–Crippen LogP) is 3.52. The summed E-state index contributed by atoms with van der Waals surface area (Å²) >= 11 is 1.89. The molecule has 0 aliphatic carbocycles. The maximum Gasteiger partial charge on any atom is 0.0669 e. The number of benzene rings is 1. The van der Waals surface area contributed by atoms with Crippen LogP contribution in [-0.2, 0) is 25.9 Å². The van der Waals surface area contributed by atoms with Gasteiger partial charge in [0, 0.05) is 28.5 Å². The van der Waals surface area contributed by atoms with Gasteiger partial charge in [-0.05, 0) is 32.0 Å². The first-order valence-corrected chi connectivity index (χ1v) is 8.68. The molecule has 1 aromatic heterocycles. The highest BCUT2D eigenvalue weighted by Gasteiger charge is 2.14. The van der Waals surface area contributed by atoms with Crippen LogP contribution in [0.4, 0.5) is 0 Å². The molecule has 2 aromatic rings.